The van der Waals surface area contributed by atoms with E-state index in [9.17, 15) is 0 Å². The molecule has 4 N–H and O–H groups in total. The zero-order chi connectivity index (χ0) is 15.1. The van der Waals surface area contributed by atoms with Crippen molar-refractivity contribution in [3.05, 3.63) is 64.1 Å². The van der Waals surface area contributed by atoms with Gasteiger partial charge >= 0.3 is 0 Å². The summed E-state index contributed by atoms with van der Waals surface area (Å²) in [5.41, 5.74) is 12.3. The zero-order valence-electron chi connectivity index (χ0n) is 11.2. The molecular formula is C15H15BrN4O. The van der Waals surface area contributed by atoms with E-state index in [0.29, 0.717) is 6.61 Å². The highest BCUT2D eigenvalue weighted by molar-refractivity contribution is 9.10. The van der Waals surface area contributed by atoms with Crippen molar-refractivity contribution in [3.63, 3.8) is 0 Å². The summed E-state index contributed by atoms with van der Waals surface area (Å²) in [5, 5.41) is 7.31. The number of rotatable bonds is 5. The van der Waals surface area contributed by atoms with Crippen molar-refractivity contribution in [1.29, 1.82) is 0 Å². The van der Waals surface area contributed by atoms with Crippen molar-refractivity contribution in [1.82, 2.24) is 0 Å². The summed E-state index contributed by atoms with van der Waals surface area (Å²) >= 11 is 3.40. The van der Waals surface area contributed by atoms with Crippen LogP contribution < -0.4 is 16.2 Å². The molecule has 0 fully saturated rings. The van der Waals surface area contributed by atoms with E-state index in [-0.39, 0.29) is 5.96 Å². The fraction of sp³-hybridized carbons (Fsp3) is 0.0667. The fourth-order valence-corrected chi connectivity index (χ4v) is 1.86. The van der Waals surface area contributed by atoms with Crippen LogP contribution in [0.4, 0.5) is 0 Å². The molecule has 0 aliphatic carbocycles. The van der Waals surface area contributed by atoms with Gasteiger partial charge in [0, 0.05) is 4.47 Å². The van der Waals surface area contributed by atoms with Crippen molar-refractivity contribution >= 4 is 28.1 Å². The Labute approximate surface area is 131 Å². The van der Waals surface area contributed by atoms with Gasteiger partial charge in [-0.2, -0.15) is 5.10 Å². The molecule has 5 nitrogen and oxygen atoms in total. The van der Waals surface area contributed by atoms with Gasteiger partial charge in [0.25, 0.3) is 0 Å². The number of guanidine groups is 1. The molecule has 0 unspecified atom stereocenters. The molecule has 0 bridgehead atoms. The molecule has 0 atom stereocenters. The Morgan fingerprint density at radius 3 is 2.62 bits per heavy atom. The standard InChI is InChI=1S/C15H15BrN4O/c16-13-6-4-11(5-7-13)10-21-14-3-1-2-12(8-14)9-19-20-15(17)18/h1-9H,10H2,(H4,17,18,20). The van der Waals surface area contributed by atoms with E-state index in [0.717, 1.165) is 21.3 Å². The highest BCUT2D eigenvalue weighted by Crippen LogP contribution is 2.16. The molecule has 0 heterocycles. The molecule has 0 saturated carbocycles. The average Bonchev–Trinajstić information content (AvgIpc) is 2.47. The lowest BCUT2D eigenvalue weighted by molar-refractivity contribution is 0.306. The first-order valence-corrected chi connectivity index (χ1v) is 7.02. The first kappa shape index (κ1) is 15.1. The first-order chi connectivity index (χ1) is 10.1. The fourth-order valence-electron chi connectivity index (χ4n) is 1.59. The Morgan fingerprint density at radius 1 is 1.14 bits per heavy atom. The Bertz CT molecular complexity index is 649. The first-order valence-electron chi connectivity index (χ1n) is 6.23. The van der Waals surface area contributed by atoms with Crippen molar-refractivity contribution in [2.45, 2.75) is 6.61 Å². The summed E-state index contributed by atoms with van der Waals surface area (Å²) in [6, 6.07) is 15.5. The third-order valence-electron chi connectivity index (χ3n) is 2.56. The molecule has 21 heavy (non-hydrogen) atoms. The van der Waals surface area contributed by atoms with E-state index in [4.69, 9.17) is 16.2 Å². The monoisotopic (exact) mass is 346 g/mol. The van der Waals surface area contributed by atoms with Crippen LogP contribution in [-0.4, -0.2) is 12.2 Å². The number of hydrogen-bond donors (Lipinski definition) is 2. The normalized spacial score (nSPS) is 10.5. The van der Waals surface area contributed by atoms with Crippen LogP contribution in [0.5, 0.6) is 5.75 Å². The van der Waals surface area contributed by atoms with Crippen LogP contribution in [-0.2, 0) is 6.61 Å². The molecular weight excluding hydrogens is 332 g/mol. The quantitative estimate of drug-likeness (QED) is 0.495. The number of nitrogens with two attached hydrogens (primary N) is 2. The second-order valence-corrected chi connectivity index (χ2v) is 5.17. The van der Waals surface area contributed by atoms with Gasteiger partial charge in [-0.3, -0.25) is 0 Å². The van der Waals surface area contributed by atoms with E-state index >= 15 is 0 Å². The van der Waals surface area contributed by atoms with Crippen LogP contribution in [0.1, 0.15) is 11.1 Å². The van der Waals surface area contributed by atoms with Gasteiger partial charge in [0.05, 0.1) is 6.21 Å². The summed E-state index contributed by atoms with van der Waals surface area (Å²) in [5.74, 6) is 0.681. The average molecular weight is 347 g/mol. The molecule has 0 amide bonds. The molecule has 0 saturated heterocycles. The number of hydrogen-bond acceptors (Lipinski definition) is 3. The molecule has 0 aliphatic rings. The summed E-state index contributed by atoms with van der Waals surface area (Å²) < 4.78 is 6.78. The minimum Gasteiger partial charge on any atom is -0.489 e. The molecule has 2 aromatic rings. The molecule has 0 radical (unpaired) electrons. The van der Waals surface area contributed by atoms with Gasteiger partial charge in [0.15, 0.2) is 0 Å². The molecule has 6 heteroatoms. The maximum atomic E-state index is 5.74. The van der Waals surface area contributed by atoms with Gasteiger partial charge < -0.3 is 16.2 Å². The molecule has 108 valence electrons. The lowest BCUT2D eigenvalue weighted by Crippen LogP contribution is -2.21. The van der Waals surface area contributed by atoms with Crippen LogP contribution >= 0.6 is 15.9 Å². The molecule has 2 aromatic carbocycles. The third kappa shape index (κ3) is 5.27. The van der Waals surface area contributed by atoms with Crippen molar-refractivity contribution in [2.75, 3.05) is 0 Å². The Hall–Kier alpha value is -2.34. The van der Waals surface area contributed by atoms with Gasteiger partial charge in [0.2, 0.25) is 5.96 Å². The molecule has 2 rings (SSSR count). The lowest BCUT2D eigenvalue weighted by Gasteiger charge is -2.07. The third-order valence-corrected chi connectivity index (χ3v) is 3.09. The molecule has 0 spiro atoms. The Kier molecular flexibility index (Phi) is 5.34. The largest absolute Gasteiger partial charge is 0.489 e. The summed E-state index contributed by atoms with van der Waals surface area (Å²) in [6.45, 7) is 0.502. The second kappa shape index (κ2) is 7.44. The van der Waals surface area contributed by atoms with E-state index in [1.165, 1.54) is 0 Å². The van der Waals surface area contributed by atoms with Gasteiger partial charge in [-0.15, -0.1) is 5.10 Å². The van der Waals surface area contributed by atoms with E-state index in [2.05, 4.69) is 26.1 Å². The van der Waals surface area contributed by atoms with E-state index in [1.54, 1.807) is 6.21 Å². The molecule has 0 aromatic heterocycles. The smallest absolute Gasteiger partial charge is 0.211 e. The van der Waals surface area contributed by atoms with E-state index in [1.807, 2.05) is 48.5 Å². The highest BCUT2D eigenvalue weighted by atomic mass is 79.9. The maximum absolute atomic E-state index is 5.74. The minimum absolute atomic E-state index is 0.0751. The molecule has 0 aliphatic heterocycles. The van der Waals surface area contributed by atoms with Crippen LogP contribution in [0.3, 0.4) is 0 Å². The number of nitrogens with zero attached hydrogens (tertiary/aromatic N) is 2. The SMILES string of the molecule is NC(N)=NN=Cc1cccc(OCc2ccc(Br)cc2)c1. The second-order valence-electron chi connectivity index (χ2n) is 4.26. The van der Waals surface area contributed by atoms with Crippen LogP contribution in [0, 0.1) is 0 Å². The van der Waals surface area contributed by atoms with Gasteiger partial charge in [-0.05, 0) is 35.4 Å². The number of ether oxygens (including phenoxy) is 1. The van der Waals surface area contributed by atoms with Crippen molar-refractivity contribution < 1.29 is 4.74 Å². The predicted octanol–water partition coefficient (Wildman–Crippen LogP) is 2.64. The number of halogens is 1. The minimum atomic E-state index is -0.0751. The van der Waals surface area contributed by atoms with Crippen LogP contribution in [0.2, 0.25) is 0 Å². The van der Waals surface area contributed by atoms with Gasteiger partial charge in [-0.25, -0.2) is 0 Å². The zero-order valence-corrected chi connectivity index (χ0v) is 12.8. The van der Waals surface area contributed by atoms with Gasteiger partial charge in [0.1, 0.15) is 12.4 Å². The summed E-state index contributed by atoms with van der Waals surface area (Å²) in [6.07, 6.45) is 1.56. The van der Waals surface area contributed by atoms with E-state index < -0.39 is 0 Å². The lowest BCUT2D eigenvalue weighted by atomic mass is 10.2. The van der Waals surface area contributed by atoms with Gasteiger partial charge in [-0.1, -0.05) is 40.2 Å². The summed E-state index contributed by atoms with van der Waals surface area (Å²) in [4.78, 5) is 0. The van der Waals surface area contributed by atoms with Crippen LogP contribution in [0.25, 0.3) is 0 Å². The van der Waals surface area contributed by atoms with Crippen LogP contribution in [0.15, 0.2) is 63.2 Å². The Morgan fingerprint density at radius 2 is 1.90 bits per heavy atom. The topological polar surface area (TPSA) is 86.0 Å². The number of benzene rings is 2. The maximum Gasteiger partial charge on any atom is 0.211 e. The Balaban J connectivity index is 1.99. The predicted molar refractivity (Wildman–Crippen MR) is 88.3 cm³/mol. The van der Waals surface area contributed by atoms with Crippen molar-refractivity contribution in [2.24, 2.45) is 21.7 Å². The van der Waals surface area contributed by atoms with Crippen molar-refractivity contribution in [3.8, 4) is 5.75 Å². The highest BCUT2D eigenvalue weighted by Gasteiger charge is 1.97. The summed E-state index contributed by atoms with van der Waals surface area (Å²) in [7, 11) is 0.